The molecule has 1 fully saturated rings. The lowest BCUT2D eigenvalue weighted by molar-refractivity contribution is 0.476. The van der Waals surface area contributed by atoms with E-state index in [0.29, 0.717) is 4.90 Å². The largest absolute Gasteiger partial charge is 0.326 e. The van der Waals surface area contributed by atoms with Gasteiger partial charge in [-0.2, -0.15) is 0 Å². The van der Waals surface area contributed by atoms with Crippen molar-refractivity contribution in [1.29, 1.82) is 0 Å². The summed E-state index contributed by atoms with van der Waals surface area (Å²) >= 11 is 0. The van der Waals surface area contributed by atoms with Crippen LogP contribution in [0.5, 0.6) is 0 Å². The van der Waals surface area contributed by atoms with Gasteiger partial charge in [0.1, 0.15) is 0 Å². The molecular weight excluding hydrogens is 246 g/mol. The highest BCUT2D eigenvalue weighted by atomic mass is 35.5. The van der Waals surface area contributed by atoms with Crippen LogP contribution >= 0.6 is 12.4 Å². The molecule has 1 aromatic carbocycles. The van der Waals surface area contributed by atoms with Crippen molar-refractivity contribution < 1.29 is 8.42 Å². The lowest BCUT2D eigenvalue weighted by Gasteiger charge is -2.26. The van der Waals surface area contributed by atoms with Gasteiger partial charge in [-0.1, -0.05) is 24.6 Å². The number of halogens is 1. The Hall–Kier alpha value is -0.580. The summed E-state index contributed by atoms with van der Waals surface area (Å²) in [5.74, 6) is 0. The van der Waals surface area contributed by atoms with Gasteiger partial charge in [0, 0.05) is 6.54 Å². The predicted octanol–water partition coefficient (Wildman–Crippen LogP) is 1.89. The first-order chi connectivity index (χ1) is 7.16. The van der Waals surface area contributed by atoms with Gasteiger partial charge in [0.25, 0.3) is 0 Å². The number of benzene rings is 1. The second-order valence-electron chi connectivity index (χ2n) is 3.91. The summed E-state index contributed by atoms with van der Waals surface area (Å²) in [5.41, 5.74) is 6.27. The molecule has 0 aromatic heterocycles. The number of rotatable bonds is 3. The summed E-state index contributed by atoms with van der Waals surface area (Å²) < 4.78 is 24.3. The number of nitrogens with two attached hydrogens (primary N) is 1. The maximum absolute atomic E-state index is 12.1. The van der Waals surface area contributed by atoms with E-state index < -0.39 is 9.84 Å². The fourth-order valence-electron chi connectivity index (χ4n) is 1.81. The maximum Gasteiger partial charge on any atom is 0.181 e. The van der Waals surface area contributed by atoms with E-state index in [9.17, 15) is 8.42 Å². The molecule has 1 saturated carbocycles. The molecule has 0 heterocycles. The molecule has 2 rings (SSSR count). The summed E-state index contributed by atoms with van der Waals surface area (Å²) in [6.07, 6.45) is 2.61. The van der Waals surface area contributed by atoms with Crippen LogP contribution in [0.3, 0.4) is 0 Å². The Morgan fingerprint density at radius 3 is 2.38 bits per heavy atom. The highest BCUT2D eigenvalue weighted by Gasteiger charge is 2.33. The second-order valence-corrected chi connectivity index (χ2v) is 6.11. The third-order valence-corrected chi connectivity index (χ3v) is 5.35. The smallest absolute Gasteiger partial charge is 0.181 e. The topological polar surface area (TPSA) is 60.2 Å². The quantitative estimate of drug-likeness (QED) is 0.904. The van der Waals surface area contributed by atoms with Gasteiger partial charge in [0.2, 0.25) is 0 Å². The SMILES string of the molecule is Cl.NCc1ccccc1S(=O)(=O)C1CCC1. The molecule has 0 amide bonds. The second kappa shape index (κ2) is 5.17. The monoisotopic (exact) mass is 261 g/mol. The third-order valence-electron chi connectivity index (χ3n) is 2.99. The minimum absolute atomic E-state index is 0. The van der Waals surface area contributed by atoms with Gasteiger partial charge in [0.15, 0.2) is 9.84 Å². The molecule has 0 spiro atoms. The van der Waals surface area contributed by atoms with Gasteiger partial charge in [-0.3, -0.25) is 0 Å². The zero-order valence-corrected chi connectivity index (χ0v) is 10.6. The van der Waals surface area contributed by atoms with Crippen molar-refractivity contribution in [3.63, 3.8) is 0 Å². The van der Waals surface area contributed by atoms with Crippen molar-refractivity contribution in [2.45, 2.75) is 36.0 Å². The van der Waals surface area contributed by atoms with E-state index in [1.807, 2.05) is 6.07 Å². The van der Waals surface area contributed by atoms with Crippen LogP contribution in [0.4, 0.5) is 0 Å². The lowest BCUT2D eigenvalue weighted by Crippen LogP contribution is -2.29. The van der Waals surface area contributed by atoms with E-state index in [4.69, 9.17) is 5.73 Å². The molecule has 3 nitrogen and oxygen atoms in total. The van der Waals surface area contributed by atoms with Crippen LogP contribution in [0.15, 0.2) is 29.2 Å². The molecule has 2 N–H and O–H groups in total. The Labute approximate surface area is 102 Å². The predicted molar refractivity (Wildman–Crippen MR) is 66.4 cm³/mol. The average molecular weight is 262 g/mol. The number of sulfone groups is 1. The van der Waals surface area contributed by atoms with Crippen molar-refractivity contribution in [1.82, 2.24) is 0 Å². The number of hydrogen-bond acceptors (Lipinski definition) is 3. The Balaban J connectivity index is 0.00000128. The van der Waals surface area contributed by atoms with Crippen molar-refractivity contribution in [2.75, 3.05) is 0 Å². The molecule has 0 aliphatic heterocycles. The highest BCUT2D eigenvalue weighted by Crippen LogP contribution is 2.32. The first kappa shape index (κ1) is 13.5. The van der Waals surface area contributed by atoms with Crippen molar-refractivity contribution in [3.05, 3.63) is 29.8 Å². The van der Waals surface area contributed by atoms with Crippen molar-refractivity contribution in [3.8, 4) is 0 Å². The zero-order chi connectivity index (χ0) is 10.9. The molecule has 16 heavy (non-hydrogen) atoms. The normalized spacial score (nSPS) is 16.3. The average Bonchev–Trinajstić information content (AvgIpc) is 2.14. The highest BCUT2D eigenvalue weighted by molar-refractivity contribution is 7.92. The lowest BCUT2D eigenvalue weighted by atomic mass is 10.00. The summed E-state index contributed by atoms with van der Waals surface area (Å²) in [6, 6.07) is 7.02. The number of hydrogen-bond donors (Lipinski definition) is 1. The van der Waals surface area contributed by atoms with Crippen molar-refractivity contribution >= 4 is 22.2 Å². The van der Waals surface area contributed by atoms with Crippen LogP contribution in [0.2, 0.25) is 0 Å². The molecule has 5 heteroatoms. The van der Waals surface area contributed by atoms with E-state index in [2.05, 4.69) is 0 Å². The standard InChI is InChI=1S/C11H15NO2S.ClH/c12-8-9-4-1-2-7-11(9)15(13,14)10-5-3-6-10;/h1-2,4,7,10H,3,5-6,8,12H2;1H. The van der Waals surface area contributed by atoms with Crippen LogP contribution in [-0.2, 0) is 16.4 Å². The van der Waals surface area contributed by atoms with Crippen LogP contribution in [0, 0.1) is 0 Å². The molecule has 1 aliphatic carbocycles. The fourth-order valence-corrected chi connectivity index (χ4v) is 3.91. The minimum atomic E-state index is -3.13. The van der Waals surface area contributed by atoms with Gasteiger partial charge >= 0.3 is 0 Å². The Morgan fingerprint density at radius 2 is 1.88 bits per heavy atom. The molecule has 0 atom stereocenters. The zero-order valence-electron chi connectivity index (χ0n) is 8.93. The molecule has 0 saturated heterocycles. The Morgan fingerprint density at radius 1 is 1.25 bits per heavy atom. The van der Waals surface area contributed by atoms with Crippen LogP contribution in [-0.4, -0.2) is 13.7 Å². The summed E-state index contributed by atoms with van der Waals surface area (Å²) in [4.78, 5) is 0.428. The van der Waals surface area contributed by atoms with E-state index >= 15 is 0 Å². The maximum atomic E-state index is 12.1. The Kier molecular flexibility index (Phi) is 4.35. The van der Waals surface area contributed by atoms with Gasteiger partial charge in [-0.05, 0) is 24.5 Å². The van der Waals surface area contributed by atoms with Crippen molar-refractivity contribution in [2.24, 2.45) is 5.73 Å². The molecule has 0 radical (unpaired) electrons. The van der Waals surface area contributed by atoms with Gasteiger partial charge in [0.05, 0.1) is 10.1 Å². The van der Waals surface area contributed by atoms with Crippen LogP contribution in [0.1, 0.15) is 24.8 Å². The first-order valence-electron chi connectivity index (χ1n) is 5.18. The molecule has 1 aromatic rings. The van der Waals surface area contributed by atoms with E-state index in [-0.39, 0.29) is 24.2 Å². The van der Waals surface area contributed by atoms with Gasteiger partial charge < -0.3 is 5.73 Å². The molecule has 90 valence electrons. The molecular formula is C11H16ClNO2S. The van der Waals surface area contributed by atoms with E-state index in [0.717, 1.165) is 24.8 Å². The molecule has 0 unspecified atom stereocenters. The van der Waals surface area contributed by atoms with E-state index in [1.165, 1.54) is 0 Å². The summed E-state index contributed by atoms with van der Waals surface area (Å²) in [5, 5.41) is -0.176. The van der Waals surface area contributed by atoms with Gasteiger partial charge in [-0.25, -0.2) is 8.42 Å². The van der Waals surface area contributed by atoms with E-state index in [1.54, 1.807) is 18.2 Å². The first-order valence-corrected chi connectivity index (χ1v) is 6.73. The third kappa shape index (κ3) is 2.24. The fraction of sp³-hybridized carbons (Fsp3) is 0.455. The minimum Gasteiger partial charge on any atom is -0.326 e. The summed E-state index contributed by atoms with van der Waals surface area (Å²) in [7, 11) is -3.13. The Bertz CT molecular complexity index is 455. The molecule has 1 aliphatic rings. The molecule has 0 bridgehead atoms. The summed E-state index contributed by atoms with van der Waals surface area (Å²) in [6.45, 7) is 0.280. The van der Waals surface area contributed by atoms with Crippen LogP contribution < -0.4 is 5.73 Å². The van der Waals surface area contributed by atoms with Gasteiger partial charge in [-0.15, -0.1) is 12.4 Å². The van der Waals surface area contributed by atoms with Crippen LogP contribution in [0.25, 0.3) is 0 Å².